The van der Waals surface area contributed by atoms with Gasteiger partial charge in [-0.1, -0.05) is 18.2 Å². The Morgan fingerprint density at radius 1 is 1.18 bits per heavy atom. The van der Waals surface area contributed by atoms with E-state index in [4.69, 9.17) is 8.83 Å². The highest BCUT2D eigenvalue weighted by atomic mass is 16.3. The number of rotatable bonds is 3. The molecule has 108 valence electrons. The number of furan rings is 2. The molecule has 0 unspecified atom stereocenters. The topological polar surface area (TPSA) is 97.0 Å². The van der Waals surface area contributed by atoms with Crippen molar-refractivity contribution in [2.45, 2.75) is 0 Å². The number of carbonyl (C=O) groups is 1. The Morgan fingerprint density at radius 2 is 2.09 bits per heavy atom. The first kappa shape index (κ1) is 12.4. The molecular formula is C15H10N4O3. The predicted molar refractivity (Wildman–Crippen MR) is 78.3 cm³/mol. The first-order valence-corrected chi connectivity index (χ1v) is 6.56. The molecule has 0 fully saturated rings. The van der Waals surface area contributed by atoms with Crippen molar-refractivity contribution in [3.63, 3.8) is 0 Å². The van der Waals surface area contributed by atoms with Gasteiger partial charge in [0.05, 0.1) is 6.26 Å². The highest BCUT2D eigenvalue weighted by Crippen LogP contribution is 2.20. The lowest BCUT2D eigenvalue weighted by Crippen LogP contribution is -2.11. The van der Waals surface area contributed by atoms with Gasteiger partial charge < -0.3 is 8.83 Å². The normalized spacial score (nSPS) is 10.9. The zero-order valence-electron chi connectivity index (χ0n) is 11.2. The summed E-state index contributed by atoms with van der Waals surface area (Å²) in [5.74, 6) is 0.908. The summed E-state index contributed by atoms with van der Waals surface area (Å²) < 4.78 is 10.7. The van der Waals surface area contributed by atoms with E-state index < -0.39 is 5.91 Å². The number of amides is 1. The van der Waals surface area contributed by atoms with Crippen LogP contribution in [0.25, 0.3) is 22.6 Å². The molecule has 0 aliphatic heterocycles. The summed E-state index contributed by atoms with van der Waals surface area (Å²) in [7, 11) is 0. The van der Waals surface area contributed by atoms with Gasteiger partial charge >= 0.3 is 0 Å². The van der Waals surface area contributed by atoms with Crippen LogP contribution in [0.1, 0.15) is 10.6 Å². The van der Waals surface area contributed by atoms with Gasteiger partial charge in [0.2, 0.25) is 5.95 Å². The smallest absolute Gasteiger partial charge is 0.293 e. The zero-order chi connectivity index (χ0) is 14.9. The lowest BCUT2D eigenvalue weighted by atomic mass is 10.2. The van der Waals surface area contributed by atoms with Crippen LogP contribution in [0.3, 0.4) is 0 Å². The summed E-state index contributed by atoms with van der Waals surface area (Å²) in [6, 6.07) is 12.6. The Balaban J connectivity index is 1.56. The second kappa shape index (κ2) is 4.88. The molecule has 3 aromatic heterocycles. The highest BCUT2D eigenvalue weighted by molar-refractivity contribution is 6.03. The van der Waals surface area contributed by atoms with Crippen LogP contribution in [0.4, 0.5) is 5.95 Å². The minimum Gasteiger partial charge on any atom is -0.461 e. The van der Waals surface area contributed by atoms with E-state index in [-0.39, 0.29) is 11.7 Å². The van der Waals surface area contributed by atoms with Crippen molar-refractivity contribution in [2.75, 3.05) is 5.32 Å². The van der Waals surface area contributed by atoms with E-state index in [9.17, 15) is 4.79 Å². The second-order valence-corrected chi connectivity index (χ2v) is 4.59. The van der Waals surface area contributed by atoms with Crippen molar-refractivity contribution in [1.29, 1.82) is 0 Å². The zero-order valence-corrected chi connectivity index (χ0v) is 11.2. The fraction of sp³-hybridized carbons (Fsp3) is 0. The molecule has 7 heteroatoms. The average Bonchev–Trinajstić information content (AvgIpc) is 3.26. The average molecular weight is 294 g/mol. The molecule has 2 N–H and O–H groups in total. The monoisotopic (exact) mass is 294 g/mol. The maximum Gasteiger partial charge on any atom is 0.293 e. The molecule has 0 radical (unpaired) electrons. The van der Waals surface area contributed by atoms with Crippen LogP contribution in [0, 0.1) is 0 Å². The molecule has 7 nitrogen and oxygen atoms in total. The van der Waals surface area contributed by atoms with Crippen molar-refractivity contribution >= 4 is 22.8 Å². The molecular weight excluding hydrogens is 284 g/mol. The first-order chi connectivity index (χ1) is 10.8. The van der Waals surface area contributed by atoms with Crippen LogP contribution in [0.15, 0.2) is 57.6 Å². The predicted octanol–water partition coefficient (Wildman–Crippen LogP) is 3.06. The van der Waals surface area contributed by atoms with Gasteiger partial charge in [-0.25, -0.2) is 0 Å². The fourth-order valence-corrected chi connectivity index (χ4v) is 2.10. The molecule has 0 aliphatic carbocycles. The number of hydrogen-bond donors (Lipinski definition) is 2. The minimum absolute atomic E-state index is 0.150. The lowest BCUT2D eigenvalue weighted by Gasteiger charge is -1.95. The van der Waals surface area contributed by atoms with Crippen LogP contribution >= 0.6 is 0 Å². The van der Waals surface area contributed by atoms with Crippen LogP contribution in [0.2, 0.25) is 0 Å². The number of hydrogen-bond acceptors (Lipinski definition) is 5. The molecule has 0 aliphatic rings. The molecule has 0 bridgehead atoms. The van der Waals surface area contributed by atoms with Crippen molar-refractivity contribution in [3.8, 4) is 11.6 Å². The van der Waals surface area contributed by atoms with Crippen molar-refractivity contribution in [2.24, 2.45) is 0 Å². The Hall–Kier alpha value is -3.35. The van der Waals surface area contributed by atoms with E-state index in [2.05, 4.69) is 20.5 Å². The summed E-state index contributed by atoms with van der Waals surface area (Å²) in [5.41, 5.74) is 0.652. The Kier molecular flexibility index (Phi) is 2.75. The number of para-hydroxylation sites is 1. The van der Waals surface area contributed by atoms with Gasteiger partial charge in [-0.2, -0.15) is 4.98 Å². The molecule has 0 saturated carbocycles. The molecule has 0 spiro atoms. The van der Waals surface area contributed by atoms with Crippen LogP contribution in [-0.2, 0) is 0 Å². The van der Waals surface area contributed by atoms with E-state index in [0.717, 1.165) is 5.39 Å². The number of H-pyrrole nitrogens is 1. The van der Waals surface area contributed by atoms with Gasteiger partial charge in [0.1, 0.15) is 5.58 Å². The molecule has 0 saturated heterocycles. The van der Waals surface area contributed by atoms with E-state index >= 15 is 0 Å². The quantitative estimate of drug-likeness (QED) is 0.605. The molecule has 22 heavy (non-hydrogen) atoms. The highest BCUT2D eigenvalue weighted by Gasteiger charge is 2.15. The summed E-state index contributed by atoms with van der Waals surface area (Å²) in [6.07, 6.45) is 1.53. The van der Waals surface area contributed by atoms with Crippen molar-refractivity contribution in [1.82, 2.24) is 15.2 Å². The SMILES string of the molecule is O=C(Nc1n[nH]c(-c2ccco2)n1)c1cc2ccccc2o1. The standard InChI is InChI=1S/C15H10N4O3/c20-14(12-8-9-4-1-2-5-10(9)22-12)17-15-16-13(18-19-15)11-6-3-7-21-11/h1-8H,(H2,16,17,18,19,20). The van der Waals surface area contributed by atoms with Gasteiger partial charge in [0.25, 0.3) is 5.91 Å². The Morgan fingerprint density at radius 3 is 2.91 bits per heavy atom. The number of carbonyl (C=O) groups excluding carboxylic acids is 1. The number of fused-ring (bicyclic) bond motifs is 1. The number of nitrogens with zero attached hydrogens (tertiary/aromatic N) is 2. The number of nitrogens with one attached hydrogen (secondary N) is 2. The number of anilines is 1. The minimum atomic E-state index is -0.416. The van der Waals surface area contributed by atoms with Gasteiger partial charge in [0, 0.05) is 5.39 Å². The third kappa shape index (κ3) is 2.14. The summed E-state index contributed by atoms with van der Waals surface area (Å²) in [5, 5.41) is 10.0. The van der Waals surface area contributed by atoms with Crippen LogP contribution in [-0.4, -0.2) is 21.1 Å². The number of aromatic amines is 1. The largest absolute Gasteiger partial charge is 0.461 e. The van der Waals surface area contributed by atoms with E-state index in [0.29, 0.717) is 17.2 Å². The Bertz CT molecular complexity index is 904. The summed E-state index contributed by atoms with van der Waals surface area (Å²) >= 11 is 0. The third-order valence-electron chi connectivity index (χ3n) is 3.11. The molecule has 1 amide bonds. The summed E-state index contributed by atoms with van der Waals surface area (Å²) in [4.78, 5) is 16.3. The third-order valence-corrected chi connectivity index (χ3v) is 3.11. The number of aromatic nitrogens is 3. The van der Waals surface area contributed by atoms with Gasteiger partial charge in [-0.3, -0.25) is 15.2 Å². The van der Waals surface area contributed by atoms with Gasteiger partial charge in [0.15, 0.2) is 17.3 Å². The molecule has 4 rings (SSSR count). The van der Waals surface area contributed by atoms with Gasteiger partial charge in [-0.05, 0) is 24.3 Å². The second-order valence-electron chi connectivity index (χ2n) is 4.59. The number of benzene rings is 1. The Labute approximate surface area is 124 Å². The van der Waals surface area contributed by atoms with Gasteiger partial charge in [-0.15, -0.1) is 5.10 Å². The van der Waals surface area contributed by atoms with E-state index in [1.807, 2.05) is 18.2 Å². The van der Waals surface area contributed by atoms with Crippen molar-refractivity contribution in [3.05, 3.63) is 54.5 Å². The molecule has 3 heterocycles. The molecule has 0 atom stereocenters. The van der Waals surface area contributed by atoms with E-state index in [1.165, 1.54) is 6.26 Å². The maximum absolute atomic E-state index is 12.2. The van der Waals surface area contributed by atoms with Crippen LogP contribution < -0.4 is 5.32 Å². The maximum atomic E-state index is 12.2. The fourth-order valence-electron chi connectivity index (χ4n) is 2.10. The van der Waals surface area contributed by atoms with Crippen molar-refractivity contribution < 1.29 is 13.6 Å². The van der Waals surface area contributed by atoms with Crippen LogP contribution in [0.5, 0.6) is 0 Å². The first-order valence-electron chi connectivity index (χ1n) is 6.56. The molecule has 1 aromatic carbocycles. The summed E-state index contributed by atoms with van der Waals surface area (Å²) in [6.45, 7) is 0. The van der Waals surface area contributed by atoms with E-state index in [1.54, 1.807) is 24.3 Å². The lowest BCUT2D eigenvalue weighted by molar-refractivity contribution is 0.0998. The molecule has 4 aromatic rings.